The van der Waals surface area contributed by atoms with Crippen LogP contribution in [0.5, 0.6) is 0 Å². The van der Waals surface area contributed by atoms with Crippen molar-refractivity contribution in [1.82, 2.24) is 0 Å². The second kappa shape index (κ2) is 5.38. The van der Waals surface area contributed by atoms with Crippen molar-refractivity contribution < 1.29 is 9.53 Å². The van der Waals surface area contributed by atoms with Crippen LogP contribution in [0.15, 0.2) is 0 Å². The lowest BCUT2D eigenvalue weighted by atomic mass is 9.97. The predicted molar refractivity (Wildman–Crippen MR) is 51.3 cm³/mol. The molecule has 12 heavy (non-hydrogen) atoms. The number of hydrogen-bond acceptors (Lipinski definition) is 3. The van der Waals surface area contributed by atoms with Gasteiger partial charge in [-0.05, 0) is 27.7 Å². The Bertz CT molecular complexity index is 140. The van der Waals surface area contributed by atoms with Gasteiger partial charge in [0.25, 0.3) is 0 Å². The molecule has 0 aliphatic heterocycles. The Balaban J connectivity index is 0. The zero-order valence-corrected chi connectivity index (χ0v) is 8.90. The maximum atomic E-state index is 11.1. The van der Waals surface area contributed by atoms with Crippen molar-refractivity contribution in [1.29, 1.82) is 0 Å². The Labute approximate surface area is 80.1 Å². The molecule has 0 radical (unpaired) electrons. The number of nitrogens with two attached hydrogens (primary N) is 1. The van der Waals surface area contributed by atoms with Crippen molar-refractivity contribution >= 4 is 18.4 Å². The highest BCUT2D eigenvalue weighted by atomic mass is 35.5. The third-order valence-corrected chi connectivity index (χ3v) is 1.09. The SMILES string of the molecule is CC(N)COC(=O)C(C)(C)C.Cl. The van der Waals surface area contributed by atoms with E-state index >= 15 is 0 Å². The van der Waals surface area contributed by atoms with E-state index in [0.717, 1.165) is 0 Å². The third kappa shape index (κ3) is 6.43. The number of carbonyl (C=O) groups is 1. The van der Waals surface area contributed by atoms with Gasteiger partial charge < -0.3 is 10.5 Å². The first-order valence-electron chi connectivity index (χ1n) is 3.77. The summed E-state index contributed by atoms with van der Waals surface area (Å²) >= 11 is 0. The van der Waals surface area contributed by atoms with Gasteiger partial charge in [-0.2, -0.15) is 0 Å². The summed E-state index contributed by atoms with van der Waals surface area (Å²) < 4.78 is 4.90. The van der Waals surface area contributed by atoms with Gasteiger partial charge in [0.05, 0.1) is 5.41 Å². The highest BCUT2D eigenvalue weighted by molar-refractivity contribution is 5.85. The smallest absolute Gasteiger partial charge is 0.311 e. The summed E-state index contributed by atoms with van der Waals surface area (Å²) in [5.41, 5.74) is 4.99. The molecule has 0 bridgehead atoms. The normalized spacial score (nSPS) is 13.1. The number of hydrogen-bond donors (Lipinski definition) is 1. The van der Waals surface area contributed by atoms with E-state index in [1.54, 1.807) is 6.92 Å². The number of carbonyl (C=O) groups excluding carboxylic acids is 1. The Hall–Kier alpha value is -0.280. The van der Waals surface area contributed by atoms with Crippen LogP contribution in [0.3, 0.4) is 0 Å². The maximum absolute atomic E-state index is 11.1. The maximum Gasteiger partial charge on any atom is 0.311 e. The van der Waals surface area contributed by atoms with Gasteiger partial charge in [0.1, 0.15) is 6.61 Å². The van der Waals surface area contributed by atoms with Gasteiger partial charge in [-0.3, -0.25) is 4.79 Å². The van der Waals surface area contributed by atoms with Crippen LogP contribution in [-0.2, 0) is 9.53 Å². The fourth-order valence-corrected chi connectivity index (χ4v) is 0.424. The monoisotopic (exact) mass is 195 g/mol. The van der Waals surface area contributed by atoms with Crippen molar-refractivity contribution in [3.63, 3.8) is 0 Å². The summed E-state index contributed by atoms with van der Waals surface area (Å²) in [5.74, 6) is -0.199. The van der Waals surface area contributed by atoms with Crippen LogP contribution in [0.4, 0.5) is 0 Å². The summed E-state index contributed by atoms with van der Waals surface area (Å²) in [4.78, 5) is 11.1. The molecule has 2 N–H and O–H groups in total. The molecule has 0 aromatic carbocycles. The first-order chi connectivity index (χ1) is 4.84. The van der Waals surface area contributed by atoms with Crippen molar-refractivity contribution in [2.75, 3.05) is 6.61 Å². The average Bonchev–Trinajstić information content (AvgIpc) is 1.80. The molecule has 3 nitrogen and oxygen atoms in total. The molecule has 0 aromatic rings. The molecule has 0 fully saturated rings. The number of halogens is 1. The largest absolute Gasteiger partial charge is 0.464 e. The van der Waals surface area contributed by atoms with Crippen LogP contribution in [0.1, 0.15) is 27.7 Å². The van der Waals surface area contributed by atoms with Gasteiger partial charge in [-0.1, -0.05) is 0 Å². The van der Waals surface area contributed by atoms with E-state index in [0.29, 0.717) is 6.61 Å². The zero-order chi connectivity index (χ0) is 9.07. The second-order valence-corrected chi connectivity index (χ2v) is 3.83. The van der Waals surface area contributed by atoms with Crippen molar-refractivity contribution in [2.24, 2.45) is 11.1 Å². The summed E-state index contributed by atoms with van der Waals surface area (Å²) in [6.45, 7) is 7.55. The molecule has 0 heterocycles. The van der Waals surface area contributed by atoms with Crippen molar-refractivity contribution in [3.8, 4) is 0 Å². The molecule has 0 aromatic heterocycles. The minimum absolute atomic E-state index is 0. The molecular weight excluding hydrogens is 178 g/mol. The van der Waals surface area contributed by atoms with Crippen LogP contribution in [-0.4, -0.2) is 18.6 Å². The molecule has 74 valence electrons. The molecular formula is C8H18ClNO2. The zero-order valence-electron chi connectivity index (χ0n) is 8.09. The fourth-order valence-electron chi connectivity index (χ4n) is 0.424. The average molecular weight is 196 g/mol. The highest BCUT2D eigenvalue weighted by Crippen LogP contribution is 2.14. The Kier molecular flexibility index (Phi) is 6.39. The first-order valence-corrected chi connectivity index (χ1v) is 3.77. The minimum Gasteiger partial charge on any atom is -0.464 e. The van der Waals surface area contributed by atoms with Gasteiger partial charge >= 0.3 is 5.97 Å². The number of rotatable bonds is 2. The van der Waals surface area contributed by atoms with Gasteiger partial charge in [-0.25, -0.2) is 0 Å². The second-order valence-electron chi connectivity index (χ2n) is 3.83. The predicted octanol–water partition coefficient (Wildman–Crippen LogP) is 1.34. The van der Waals surface area contributed by atoms with Crippen LogP contribution < -0.4 is 5.73 Å². The highest BCUT2D eigenvalue weighted by Gasteiger charge is 2.22. The lowest BCUT2D eigenvalue weighted by Crippen LogP contribution is -2.29. The van der Waals surface area contributed by atoms with E-state index in [4.69, 9.17) is 10.5 Å². The summed E-state index contributed by atoms with van der Waals surface area (Å²) in [6.07, 6.45) is 0. The fraction of sp³-hybridized carbons (Fsp3) is 0.875. The Morgan fingerprint density at radius 2 is 1.92 bits per heavy atom. The van der Waals surface area contributed by atoms with E-state index in [-0.39, 0.29) is 24.4 Å². The van der Waals surface area contributed by atoms with E-state index < -0.39 is 5.41 Å². The van der Waals surface area contributed by atoms with Crippen molar-refractivity contribution in [3.05, 3.63) is 0 Å². The van der Waals surface area contributed by atoms with E-state index in [1.807, 2.05) is 20.8 Å². The summed E-state index contributed by atoms with van der Waals surface area (Å²) in [7, 11) is 0. The summed E-state index contributed by atoms with van der Waals surface area (Å²) in [5, 5.41) is 0. The molecule has 1 atom stereocenters. The standard InChI is InChI=1S/C8H17NO2.ClH/c1-6(9)5-11-7(10)8(2,3)4;/h6H,5,9H2,1-4H3;1H. The van der Waals surface area contributed by atoms with Crippen LogP contribution in [0, 0.1) is 5.41 Å². The Morgan fingerprint density at radius 3 is 2.17 bits per heavy atom. The van der Waals surface area contributed by atoms with Gasteiger partial charge in [0.2, 0.25) is 0 Å². The summed E-state index contributed by atoms with van der Waals surface area (Å²) in [6, 6.07) is -0.0821. The van der Waals surface area contributed by atoms with Crippen LogP contribution >= 0.6 is 12.4 Å². The lowest BCUT2D eigenvalue weighted by Gasteiger charge is -2.17. The number of ether oxygens (including phenoxy) is 1. The van der Waals surface area contributed by atoms with Gasteiger partial charge in [0, 0.05) is 6.04 Å². The van der Waals surface area contributed by atoms with Gasteiger partial charge in [-0.15, -0.1) is 12.4 Å². The van der Waals surface area contributed by atoms with E-state index in [9.17, 15) is 4.79 Å². The van der Waals surface area contributed by atoms with E-state index in [1.165, 1.54) is 0 Å². The third-order valence-electron chi connectivity index (χ3n) is 1.09. The first kappa shape index (κ1) is 14.3. The molecule has 0 saturated carbocycles. The Morgan fingerprint density at radius 1 is 1.50 bits per heavy atom. The van der Waals surface area contributed by atoms with Gasteiger partial charge in [0.15, 0.2) is 0 Å². The molecule has 4 heteroatoms. The quantitative estimate of drug-likeness (QED) is 0.677. The molecule has 0 amide bonds. The van der Waals surface area contributed by atoms with E-state index in [2.05, 4.69) is 0 Å². The lowest BCUT2D eigenvalue weighted by molar-refractivity contribution is -0.153. The van der Waals surface area contributed by atoms with Crippen molar-refractivity contribution in [2.45, 2.75) is 33.7 Å². The topological polar surface area (TPSA) is 52.3 Å². The number of esters is 1. The molecule has 0 spiro atoms. The minimum atomic E-state index is -0.422. The van der Waals surface area contributed by atoms with Crippen LogP contribution in [0.2, 0.25) is 0 Å². The van der Waals surface area contributed by atoms with Crippen LogP contribution in [0.25, 0.3) is 0 Å². The molecule has 1 unspecified atom stereocenters. The molecule has 0 aliphatic carbocycles. The molecule has 0 saturated heterocycles. The molecule has 0 aliphatic rings. The molecule has 0 rings (SSSR count).